The summed E-state index contributed by atoms with van der Waals surface area (Å²) in [6.07, 6.45) is 5.52. The maximum atomic E-state index is 4.64. The monoisotopic (exact) mass is 472 g/mol. The van der Waals surface area contributed by atoms with Gasteiger partial charge in [0.1, 0.15) is 12.2 Å². The second-order valence-electron chi connectivity index (χ2n) is 6.37. The molecule has 2 aromatic heterocycles. The van der Waals surface area contributed by atoms with Gasteiger partial charge in [-0.2, -0.15) is 10.2 Å². The van der Waals surface area contributed by atoms with Crippen molar-refractivity contribution in [3.8, 4) is 0 Å². The standard InChI is InChI=1S/C17H28N8.HI/c1-5-14-13(15(6-2)24(4)23-14)9-19-17(18-3)22-12-7-8-16-20-11-21-25(16)10-12;/h11-12H,5-10H2,1-4H3,(H2,18,19,22);1H. The summed E-state index contributed by atoms with van der Waals surface area (Å²) in [5, 5.41) is 15.9. The Hall–Kier alpha value is -1.65. The largest absolute Gasteiger partial charge is 0.352 e. The van der Waals surface area contributed by atoms with Gasteiger partial charge in [-0.3, -0.25) is 9.67 Å². The lowest BCUT2D eigenvalue weighted by atomic mass is 10.1. The molecule has 0 bridgehead atoms. The van der Waals surface area contributed by atoms with Crippen LogP contribution in [0.5, 0.6) is 0 Å². The number of rotatable bonds is 5. The summed E-state index contributed by atoms with van der Waals surface area (Å²) in [6.45, 7) is 5.88. The third kappa shape index (κ3) is 4.36. The quantitative estimate of drug-likeness (QED) is 0.391. The predicted molar refractivity (Wildman–Crippen MR) is 113 cm³/mol. The van der Waals surface area contributed by atoms with Gasteiger partial charge in [-0.25, -0.2) is 9.67 Å². The Labute approximate surface area is 171 Å². The minimum Gasteiger partial charge on any atom is -0.352 e. The molecule has 1 unspecified atom stereocenters. The van der Waals surface area contributed by atoms with Crippen LogP contribution in [0.1, 0.15) is 43.0 Å². The van der Waals surface area contributed by atoms with Crippen LogP contribution < -0.4 is 10.6 Å². The summed E-state index contributed by atoms with van der Waals surface area (Å²) >= 11 is 0. The van der Waals surface area contributed by atoms with Crippen molar-refractivity contribution < 1.29 is 0 Å². The summed E-state index contributed by atoms with van der Waals surface area (Å²) in [5.41, 5.74) is 3.73. The molecule has 1 aliphatic rings. The van der Waals surface area contributed by atoms with Crippen LogP contribution in [0.15, 0.2) is 11.3 Å². The van der Waals surface area contributed by atoms with E-state index in [0.717, 1.165) is 56.3 Å². The molecule has 0 saturated carbocycles. The number of aryl methyl sites for hydroxylation is 3. The summed E-state index contributed by atoms with van der Waals surface area (Å²) in [7, 11) is 3.83. The van der Waals surface area contributed by atoms with Gasteiger partial charge in [0, 0.05) is 44.4 Å². The Kier molecular flexibility index (Phi) is 7.42. The Balaban J connectivity index is 0.00000243. The second-order valence-corrected chi connectivity index (χ2v) is 6.37. The summed E-state index contributed by atoms with van der Waals surface area (Å²) in [4.78, 5) is 8.66. The van der Waals surface area contributed by atoms with E-state index in [1.807, 2.05) is 23.5 Å². The third-order valence-corrected chi connectivity index (χ3v) is 4.83. The van der Waals surface area contributed by atoms with Gasteiger partial charge in [-0.1, -0.05) is 13.8 Å². The van der Waals surface area contributed by atoms with E-state index in [9.17, 15) is 0 Å². The average molecular weight is 472 g/mol. The molecular formula is C17H29IN8. The molecule has 144 valence electrons. The highest BCUT2D eigenvalue weighted by atomic mass is 127. The zero-order valence-corrected chi connectivity index (χ0v) is 18.3. The van der Waals surface area contributed by atoms with Crippen LogP contribution in [0.3, 0.4) is 0 Å². The average Bonchev–Trinajstić information content (AvgIpc) is 3.21. The molecule has 0 radical (unpaired) electrons. The molecule has 3 rings (SSSR count). The molecular weight excluding hydrogens is 443 g/mol. The van der Waals surface area contributed by atoms with Crippen molar-refractivity contribution in [2.75, 3.05) is 7.05 Å². The maximum absolute atomic E-state index is 4.64. The fourth-order valence-electron chi connectivity index (χ4n) is 3.51. The normalized spacial score (nSPS) is 16.8. The van der Waals surface area contributed by atoms with Gasteiger partial charge in [0.05, 0.1) is 12.2 Å². The highest BCUT2D eigenvalue weighted by Gasteiger charge is 2.21. The third-order valence-electron chi connectivity index (χ3n) is 4.83. The first-order chi connectivity index (χ1) is 12.2. The van der Waals surface area contributed by atoms with Crippen molar-refractivity contribution in [1.82, 2.24) is 35.2 Å². The molecule has 1 atom stereocenters. The van der Waals surface area contributed by atoms with Crippen molar-refractivity contribution in [3.05, 3.63) is 29.1 Å². The molecule has 3 heterocycles. The van der Waals surface area contributed by atoms with Gasteiger partial charge in [0.2, 0.25) is 0 Å². The van der Waals surface area contributed by atoms with Crippen LogP contribution in [0.2, 0.25) is 0 Å². The first-order valence-electron chi connectivity index (χ1n) is 9.03. The number of fused-ring (bicyclic) bond motifs is 1. The molecule has 8 nitrogen and oxygen atoms in total. The highest BCUT2D eigenvalue weighted by Crippen LogP contribution is 2.15. The van der Waals surface area contributed by atoms with E-state index in [0.29, 0.717) is 6.04 Å². The fourth-order valence-corrected chi connectivity index (χ4v) is 3.51. The lowest BCUT2D eigenvalue weighted by Gasteiger charge is -2.25. The second kappa shape index (κ2) is 9.33. The van der Waals surface area contributed by atoms with E-state index in [-0.39, 0.29) is 24.0 Å². The smallest absolute Gasteiger partial charge is 0.191 e. The van der Waals surface area contributed by atoms with Crippen molar-refractivity contribution in [2.45, 2.75) is 58.7 Å². The number of halogens is 1. The van der Waals surface area contributed by atoms with Crippen LogP contribution in [-0.2, 0) is 39.4 Å². The number of hydrogen-bond donors (Lipinski definition) is 2. The molecule has 2 N–H and O–H groups in total. The highest BCUT2D eigenvalue weighted by molar-refractivity contribution is 14.0. The van der Waals surface area contributed by atoms with E-state index in [1.165, 1.54) is 11.3 Å². The van der Waals surface area contributed by atoms with Crippen LogP contribution in [-0.4, -0.2) is 43.6 Å². The van der Waals surface area contributed by atoms with Gasteiger partial charge in [-0.15, -0.1) is 24.0 Å². The number of guanidine groups is 1. The Morgan fingerprint density at radius 2 is 2.15 bits per heavy atom. The number of aromatic nitrogens is 5. The number of aliphatic imine (C=N–C) groups is 1. The molecule has 0 amide bonds. The molecule has 0 aromatic carbocycles. The number of nitrogens with zero attached hydrogens (tertiary/aromatic N) is 6. The van der Waals surface area contributed by atoms with E-state index in [4.69, 9.17) is 0 Å². The van der Waals surface area contributed by atoms with Crippen molar-refractivity contribution in [1.29, 1.82) is 0 Å². The summed E-state index contributed by atoms with van der Waals surface area (Å²) < 4.78 is 3.97. The molecule has 2 aromatic rings. The Morgan fingerprint density at radius 3 is 2.85 bits per heavy atom. The van der Waals surface area contributed by atoms with Crippen LogP contribution >= 0.6 is 24.0 Å². The predicted octanol–water partition coefficient (Wildman–Crippen LogP) is 1.43. The van der Waals surface area contributed by atoms with Crippen LogP contribution in [0, 0.1) is 0 Å². The topological polar surface area (TPSA) is 84.9 Å². The summed E-state index contributed by atoms with van der Waals surface area (Å²) in [6, 6.07) is 0.311. The van der Waals surface area contributed by atoms with Gasteiger partial charge >= 0.3 is 0 Å². The zero-order chi connectivity index (χ0) is 17.8. The van der Waals surface area contributed by atoms with Crippen LogP contribution in [0.25, 0.3) is 0 Å². The van der Waals surface area contributed by atoms with Crippen LogP contribution in [0.4, 0.5) is 0 Å². The molecule has 9 heteroatoms. The van der Waals surface area contributed by atoms with E-state index in [1.54, 1.807) is 6.33 Å². The van der Waals surface area contributed by atoms with E-state index >= 15 is 0 Å². The molecule has 0 aliphatic carbocycles. The first-order valence-corrected chi connectivity index (χ1v) is 9.03. The molecule has 0 saturated heterocycles. The Morgan fingerprint density at radius 1 is 1.35 bits per heavy atom. The first kappa shape index (κ1) is 20.7. The van der Waals surface area contributed by atoms with E-state index < -0.39 is 0 Å². The number of hydrogen-bond acceptors (Lipinski definition) is 4. The van der Waals surface area contributed by atoms with Gasteiger partial charge < -0.3 is 10.6 Å². The van der Waals surface area contributed by atoms with Gasteiger partial charge in [-0.05, 0) is 19.3 Å². The van der Waals surface area contributed by atoms with Gasteiger partial charge in [0.25, 0.3) is 0 Å². The molecule has 0 fully saturated rings. The lowest BCUT2D eigenvalue weighted by molar-refractivity contribution is 0.392. The van der Waals surface area contributed by atoms with Crippen molar-refractivity contribution in [3.63, 3.8) is 0 Å². The van der Waals surface area contributed by atoms with Gasteiger partial charge in [0.15, 0.2) is 5.96 Å². The lowest BCUT2D eigenvalue weighted by Crippen LogP contribution is -2.46. The van der Waals surface area contributed by atoms with Crippen molar-refractivity contribution >= 4 is 29.9 Å². The number of nitrogens with one attached hydrogen (secondary N) is 2. The summed E-state index contributed by atoms with van der Waals surface area (Å²) in [5.74, 6) is 1.89. The van der Waals surface area contributed by atoms with Crippen molar-refractivity contribution in [2.24, 2.45) is 12.0 Å². The van der Waals surface area contributed by atoms with E-state index in [2.05, 4.69) is 44.7 Å². The minimum atomic E-state index is 0. The SMILES string of the molecule is CCc1nn(C)c(CC)c1CNC(=NC)NC1CCc2ncnn2C1.I. The molecule has 1 aliphatic heterocycles. The maximum Gasteiger partial charge on any atom is 0.191 e. The zero-order valence-electron chi connectivity index (χ0n) is 16.0. The minimum absolute atomic E-state index is 0. The molecule has 26 heavy (non-hydrogen) atoms. The Bertz CT molecular complexity index is 748. The fraction of sp³-hybridized carbons (Fsp3) is 0.647. The molecule has 0 spiro atoms.